The number of carboxylic acid groups (broad SMARTS) is 2. The predicted molar refractivity (Wildman–Crippen MR) is 92.0 cm³/mol. The normalized spacial score (nSPS) is 17.9. The van der Waals surface area contributed by atoms with Crippen molar-refractivity contribution in [2.75, 3.05) is 10.7 Å². The van der Waals surface area contributed by atoms with Gasteiger partial charge in [0.05, 0.1) is 16.5 Å². The number of aliphatic carboxylic acids is 1. The summed E-state index contributed by atoms with van der Waals surface area (Å²) in [6.07, 6.45) is -0.132. The average Bonchev–Trinajstić information content (AvgIpc) is 2.84. The lowest BCUT2D eigenvalue weighted by Gasteiger charge is -2.17. The molecule has 1 aromatic rings. The zero-order valence-corrected chi connectivity index (χ0v) is 14.5. The number of anilines is 1. The molecule has 3 N–H and O–H groups in total. The van der Waals surface area contributed by atoms with Gasteiger partial charge in [0.1, 0.15) is 6.04 Å². The van der Waals surface area contributed by atoms with Gasteiger partial charge in [0.2, 0.25) is 17.7 Å². The van der Waals surface area contributed by atoms with Crippen LogP contribution in [0, 0.1) is 0 Å². The topological polar surface area (TPSA) is 141 Å². The third-order valence-electron chi connectivity index (χ3n) is 3.60. The largest absolute Gasteiger partial charge is 0.480 e. The summed E-state index contributed by atoms with van der Waals surface area (Å²) in [5, 5.41) is 19.6. The second kappa shape index (κ2) is 8.00. The van der Waals surface area contributed by atoms with E-state index in [1.807, 2.05) is 0 Å². The highest BCUT2D eigenvalue weighted by Gasteiger charge is 2.40. The van der Waals surface area contributed by atoms with Crippen LogP contribution in [0.5, 0.6) is 0 Å². The molecule has 0 aliphatic carbocycles. The Morgan fingerprint density at radius 3 is 2.58 bits per heavy atom. The number of aromatic carboxylic acids is 1. The fourth-order valence-electron chi connectivity index (χ4n) is 2.42. The SMILES string of the molecule is CC(=O)N[C@H](CS[C@H]1CC(=O)N(c2cccc(C(=O)O)c2)C1=O)C(=O)O. The van der Waals surface area contributed by atoms with E-state index < -0.39 is 41.0 Å². The van der Waals surface area contributed by atoms with E-state index in [2.05, 4.69) is 5.32 Å². The molecule has 1 heterocycles. The Kier molecular flexibility index (Phi) is 5.98. The molecule has 2 atom stereocenters. The van der Waals surface area contributed by atoms with E-state index in [1.165, 1.54) is 31.2 Å². The first-order chi connectivity index (χ1) is 12.2. The van der Waals surface area contributed by atoms with Crippen molar-refractivity contribution in [1.29, 1.82) is 0 Å². The van der Waals surface area contributed by atoms with E-state index >= 15 is 0 Å². The Labute approximate surface area is 152 Å². The minimum atomic E-state index is -1.24. The number of carbonyl (C=O) groups excluding carboxylic acids is 3. The number of hydrogen-bond donors (Lipinski definition) is 3. The second-order valence-corrected chi connectivity index (χ2v) is 6.78. The molecule has 2 rings (SSSR count). The number of carbonyl (C=O) groups is 5. The minimum Gasteiger partial charge on any atom is -0.480 e. The van der Waals surface area contributed by atoms with Gasteiger partial charge in [0, 0.05) is 19.1 Å². The molecular formula is C16H16N2O7S. The highest BCUT2D eigenvalue weighted by Crippen LogP contribution is 2.30. The van der Waals surface area contributed by atoms with E-state index in [9.17, 15) is 24.0 Å². The van der Waals surface area contributed by atoms with Crippen molar-refractivity contribution in [2.45, 2.75) is 24.6 Å². The molecule has 1 aromatic carbocycles. The van der Waals surface area contributed by atoms with Crippen molar-refractivity contribution in [3.05, 3.63) is 29.8 Å². The molecule has 0 radical (unpaired) electrons. The van der Waals surface area contributed by atoms with Crippen molar-refractivity contribution >= 4 is 47.1 Å². The van der Waals surface area contributed by atoms with Gasteiger partial charge in [-0.15, -0.1) is 11.8 Å². The summed E-state index contributed by atoms with van der Waals surface area (Å²) < 4.78 is 0. The van der Waals surface area contributed by atoms with E-state index in [-0.39, 0.29) is 23.4 Å². The maximum atomic E-state index is 12.5. The molecule has 0 spiro atoms. The van der Waals surface area contributed by atoms with Gasteiger partial charge in [0.15, 0.2) is 0 Å². The van der Waals surface area contributed by atoms with Crippen LogP contribution in [0.2, 0.25) is 0 Å². The van der Waals surface area contributed by atoms with E-state index in [0.29, 0.717) is 0 Å². The fraction of sp³-hybridized carbons (Fsp3) is 0.312. The average molecular weight is 380 g/mol. The Balaban J connectivity index is 2.11. The molecule has 9 nitrogen and oxygen atoms in total. The standard InChI is InChI=1S/C16H16N2O7S/c1-8(19)17-11(16(24)25)7-26-12-6-13(20)18(14(12)21)10-4-2-3-9(5-10)15(22)23/h2-5,11-12H,6-7H2,1H3,(H,17,19)(H,22,23)(H,24,25)/t11-,12+/m1/s1. The van der Waals surface area contributed by atoms with Crippen molar-refractivity contribution < 1.29 is 34.2 Å². The van der Waals surface area contributed by atoms with E-state index in [1.54, 1.807) is 0 Å². The summed E-state index contributed by atoms with van der Waals surface area (Å²) in [5.74, 6) is -4.07. The first kappa shape index (κ1) is 19.4. The number of benzene rings is 1. The van der Waals surface area contributed by atoms with Gasteiger partial charge in [-0.25, -0.2) is 14.5 Å². The molecule has 0 bridgehead atoms. The number of amides is 3. The van der Waals surface area contributed by atoms with Crippen molar-refractivity contribution in [1.82, 2.24) is 5.32 Å². The first-order valence-electron chi connectivity index (χ1n) is 7.52. The molecule has 10 heteroatoms. The summed E-state index contributed by atoms with van der Waals surface area (Å²) in [6, 6.07) is 4.27. The van der Waals surface area contributed by atoms with Gasteiger partial charge < -0.3 is 15.5 Å². The monoisotopic (exact) mass is 380 g/mol. The van der Waals surface area contributed by atoms with Crippen LogP contribution in [-0.2, 0) is 19.2 Å². The van der Waals surface area contributed by atoms with Gasteiger partial charge >= 0.3 is 11.9 Å². The van der Waals surface area contributed by atoms with Crippen LogP contribution < -0.4 is 10.2 Å². The molecule has 0 aromatic heterocycles. The minimum absolute atomic E-state index is 0.0594. The third kappa shape index (κ3) is 4.39. The van der Waals surface area contributed by atoms with E-state index in [0.717, 1.165) is 16.7 Å². The number of imide groups is 1. The third-order valence-corrected chi connectivity index (χ3v) is 4.89. The van der Waals surface area contributed by atoms with Gasteiger partial charge in [-0.1, -0.05) is 6.07 Å². The Hall–Kier alpha value is -2.88. The summed E-state index contributed by atoms with van der Waals surface area (Å²) in [4.78, 5) is 58.8. The van der Waals surface area contributed by atoms with E-state index in [4.69, 9.17) is 10.2 Å². The maximum Gasteiger partial charge on any atom is 0.335 e. The number of nitrogens with zero attached hydrogens (tertiary/aromatic N) is 1. The smallest absolute Gasteiger partial charge is 0.335 e. The van der Waals surface area contributed by atoms with Gasteiger partial charge in [0.25, 0.3) is 0 Å². The number of hydrogen-bond acceptors (Lipinski definition) is 6. The molecular weight excluding hydrogens is 364 g/mol. The zero-order chi connectivity index (χ0) is 19.4. The number of carboxylic acids is 2. The molecule has 26 heavy (non-hydrogen) atoms. The lowest BCUT2D eigenvalue weighted by atomic mass is 10.2. The van der Waals surface area contributed by atoms with Crippen LogP contribution in [-0.4, -0.2) is 56.9 Å². The lowest BCUT2D eigenvalue weighted by molar-refractivity contribution is -0.140. The molecule has 1 aliphatic rings. The van der Waals surface area contributed by atoms with Crippen molar-refractivity contribution in [3.8, 4) is 0 Å². The Bertz CT molecular complexity index is 780. The number of nitrogens with one attached hydrogen (secondary N) is 1. The highest BCUT2D eigenvalue weighted by molar-refractivity contribution is 8.00. The maximum absolute atomic E-state index is 12.5. The van der Waals surface area contributed by atoms with Gasteiger partial charge in [-0.3, -0.25) is 14.4 Å². The molecule has 0 saturated carbocycles. The van der Waals surface area contributed by atoms with Crippen LogP contribution in [0.25, 0.3) is 0 Å². The lowest BCUT2D eigenvalue weighted by Crippen LogP contribution is -2.42. The number of rotatable bonds is 7. The number of thioether (sulfide) groups is 1. The first-order valence-corrected chi connectivity index (χ1v) is 8.57. The van der Waals surface area contributed by atoms with Crippen LogP contribution in [0.1, 0.15) is 23.7 Å². The van der Waals surface area contributed by atoms with Crippen LogP contribution >= 0.6 is 11.8 Å². The van der Waals surface area contributed by atoms with Crippen LogP contribution in [0.4, 0.5) is 5.69 Å². The van der Waals surface area contributed by atoms with Crippen LogP contribution in [0.15, 0.2) is 24.3 Å². The molecule has 1 fully saturated rings. The molecule has 3 amide bonds. The molecule has 1 aliphatic heterocycles. The summed E-state index contributed by atoms with van der Waals surface area (Å²) in [7, 11) is 0. The summed E-state index contributed by atoms with van der Waals surface area (Å²) >= 11 is 0.959. The molecule has 138 valence electrons. The van der Waals surface area contributed by atoms with Gasteiger partial charge in [-0.05, 0) is 18.2 Å². The van der Waals surface area contributed by atoms with Crippen molar-refractivity contribution in [3.63, 3.8) is 0 Å². The Morgan fingerprint density at radius 1 is 1.31 bits per heavy atom. The Morgan fingerprint density at radius 2 is 2.00 bits per heavy atom. The summed E-state index contributed by atoms with van der Waals surface area (Å²) in [5.41, 5.74) is 0.0930. The highest BCUT2D eigenvalue weighted by atomic mass is 32.2. The molecule has 0 unspecified atom stereocenters. The van der Waals surface area contributed by atoms with Gasteiger partial charge in [-0.2, -0.15) is 0 Å². The quantitative estimate of drug-likeness (QED) is 0.575. The zero-order valence-electron chi connectivity index (χ0n) is 13.7. The predicted octanol–water partition coefficient (Wildman–Crippen LogP) is 0.339. The summed E-state index contributed by atoms with van der Waals surface area (Å²) in [6.45, 7) is 1.18. The molecule has 1 saturated heterocycles. The fourth-order valence-corrected chi connectivity index (χ4v) is 3.58. The van der Waals surface area contributed by atoms with Crippen molar-refractivity contribution in [2.24, 2.45) is 0 Å². The van der Waals surface area contributed by atoms with Crippen LogP contribution in [0.3, 0.4) is 0 Å². The second-order valence-electron chi connectivity index (χ2n) is 5.54.